The summed E-state index contributed by atoms with van der Waals surface area (Å²) in [5.74, 6) is 0. The second-order valence-corrected chi connectivity index (χ2v) is 6.55. The minimum absolute atomic E-state index is 0.0188. The fourth-order valence-corrected chi connectivity index (χ4v) is 2.81. The highest BCUT2D eigenvalue weighted by molar-refractivity contribution is 7.86. The molecule has 0 aliphatic carbocycles. The van der Waals surface area contributed by atoms with Crippen LogP contribution in [0.5, 0.6) is 0 Å². The molecule has 0 atom stereocenters. The highest BCUT2D eigenvalue weighted by Crippen LogP contribution is 2.12. The van der Waals surface area contributed by atoms with Gasteiger partial charge in [0.1, 0.15) is 0 Å². The molecule has 2 aromatic carbocycles. The van der Waals surface area contributed by atoms with Gasteiger partial charge in [-0.05, 0) is 31.0 Å². The van der Waals surface area contributed by atoms with E-state index >= 15 is 0 Å². The Morgan fingerprint density at radius 3 is 2.23 bits per heavy atom. The lowest BCUT2D eigenvalue weighted by Gasteiger charge is -2.07. The average Bonchev–Trinajstić information content (AvgIpc) is 2.52. The van der Waals surface area contributed by atoms with Crippen molar-refractivity contribution in [1.29, 1.82) is 0 Å². The molecule has 0 N–H and O–H groups in total. The van der Waals surface area contributed by atoms with Crippen molar-refractivity contribution in [2.45, 2.75) is 18.2 Å². The molecule has 2 aromatic rings. The minimum Gasteiger partial charge on any atom is -0.379 e. The second kappa shape index (κ2) is 8.08. The van der Waals surface area contributed by atoms with Crippen LogP contribution in [0.2, 0.25) is 0 Å². The van der Waals surface area contributed by atoms with E-state index in [2.05, 4.69) is 0 Å². The van der Waals surface area contributed by atoms with Crippen LogP contribution >= 0.6 is 0 Å². The Kier molecular flexibility index (Phi) is 6.12. The Morgan fingerprint density at radius 1 is 0.864 bits per heavy atom. The van der Waals surface area contributed by atoms with Gasteiger partial charge in [-0.3, -0.25) is 4.18 Å². The van der Waals surface area contributed by atoms with Gasteiger partial charge in [0.2, 0.25) is 0 Å². The summed E-state index contributed by atoms with van der Waals surface area (Å²) in [5, 5.41) is 0. The molecule has 118 valence electrons. The van der Waals surface area contributed by atoms with Crippen molar-refractivity contribution in [3.63, 3.8) is 0 Å². The number of aryl methyl sites for hydroxylation is 1. The van der Waals surface area contributed by atoms with Crippen molar-refractivity contribution in [2.24, 2.45) is 0 Å². The van der Waals surface area contributed by atoms with E-state index in [-0.39, 0.29) is 18.1 Å². The Labute approximate surface area is 131 Å². The first-order valence-electron chi connectivity index (χ1n) is 7.16. The third-order valence-corrected chi connectivity index (χ3v) is 4.48. The predicted octanol–water partition coefficient (Wildman–Crippen LogP) is 2.96. The van der Waals surface area contributed by atoms with E-state index in [4.69, 9.17) is 8.92 Å². The lowest BCUT2D eigenvalue weighted by molar-refractivity contribution is 0.104. The molecule has 0 saturated carbocycles. The molecule has 5 heteroatoms. The van der Waals surface area contributed by atoms with Crippen LogP contribution in [0.1, 0.15) is 11.1 Å². The van der Waals surface area contributed by atoms with Crippen LogP contribution in [0.3, 0.4) is 0 Å². The fraction of sp³-hybridized carbons (Fsp3) is 0.294. The van der Waals surface area contributed by atoms with Crippen LogP contribution < -0.4 is 0 Å². The van der Waals surface area contributed by atoms with E-state index in [9.17, 15) is 8.42 Å². The molecule has 0 spiro atoms. The van der Waals surface area contributed by atoms with Crippen LogP contribution in [0, 0.1) is 6.92 Å². The van der Waals surface area contributed by atoms with Gasteiger partial charge in [0.25, 0.3) is 10.1 Å². The minimum atomic E-state index is -3.70. The number of rotatable bonds is 8. The molecule has 0 saturated heterocycles. The van der Waals surface area contributed by atoms with Crippen molar-refractivity contribution < 1.29 is 17.3 Å². The number of hydrogen-bond acceptors (Lipinski definition) is 4. The second-order valence-electron chi connectivity index (χ2n) is 4.94. The summed E-state index contributed by atoms with van der Waals surface area (Å²) in [6.07, 6.45) is 0.797. The molecule has 0 heterocycles. The van der Waals surface area contributed by atoms with Crippen LogP contribution in [0.15, 0.2) is 59.5 Å². The Morgan fingerprint density at radius 2 is 1.55 bits per heavy atom. The van der Waals surface area contributed by atoms with E-state index in [0.29, 0.717) is 6.61 Å². The number of benzene rings is 2. The molecular formula is C17H20O4S. The molecular weight excluding hydrogens is 300 g/mol. The van der Waals surface area contributed by atoms with Gasteiger partial charge in [-0.15, -0.1) is 0 Å². The van der Waals surface area contributed by atoms with Crippen LogP contribution in [-0.4, -0.2) is 28.2 Å². The molecule has 0 amide bonds. The molecule has 0 fully saturated rings. The van der Waals surface area contributed by atoms with E-state index in [1.54, 1.807) is 24.3 Å². The molecule has 0 aliphatic rings. The largest absolute Gasteiger partial charge is 0.379 e. The maximum atomic E-state index is 11.9. The van der Waals surface area contributed by atoms with Crippen molar-refractivity contribution >= 4 is 10.1 Å². The highest BCUT2D eigenvalue weighted by atomic mass is 32.2. The van der Waals surface area contributed by atoms with Crippen molar-refractivity contribution in [3.8, 4) is 0 Å². The zero-order valence-electron chi connectivity index (χ0n) is 12.6. The maximum Gasteiger partial charge on any atom is 0.297 e. The SMILES string of the molecule is Cc1ccc(S(=O)(=O)OCCOCCc2ccccc2)cc1. The number of hydrogen-bond donors (Lipinski definition) is 0. The lowest BCUT2D eigenvalue weighted by Crippen LogP contribution is -2.12. The van der Waals surface area contributed by atoms with Gasteiger partial charge < -0.3 is 4.74 Å². The van der Waals surface area contributed by atoms with Gasteiger partial charge in [-0.25, -0.2) is 0 Å². The molecule has 2 rings (SSSR count). The normalized spacial score (nSPS) is 11.5. The van der Waals surface area contributed by atoms with Gasteiger partial charge in [-0.2, -0.15) is 8.42 Å². The predicted molar refractivity (Wildman–Crippen MR) is 85.3 cm³/mol. The summed E-state index contributed by atoms with van der Waals surface area (Å²) < 4.78 is 34.2. The van der Waals surface area contributed by atoms with E-state index in [0.717, 1.165) is 12.0 Å². The highest BCUT2D eigenvalue weighted by Gasteiger charge is 2.14. The van der Waals surface area contributed by atoms with Gasteiger partial charge in [0.15, 0.2) is 0 Å². The molecule has 22 heavy (non-hydrogen) atoms. The molecule has 0 aliphatic heterocycles. The van der Waals surface area contributed by atoms with Gasteiger partial charge in [0.05, 0.1) is 24.7 Å². The summed E-state index contributed by atoms with van der Waals surface area (Å²) >= 11 is 0. The van der Waals surface area contributed by atoms with Crippen LogP contribution in [0.4, 0.5) is 0 Å². The topological polar surface area (TPSA) is 52.6 Å². The fourth-order valence-electron chi connectivity index (χ4n) is 1.91. The van der Waals surface area contributed by atoms with E-state index in [1.807, 2.05) is 37.3 Å². The monoisotopic (exact) mass is 320 g/mol. The molecule has 0 radical (unpaired) electrons. The smallest absolute Gasteiger partial charge is 0.297 e. The van der Waals surface area contributed by atoms with Crippen molar-refractivity contribution in [3.05, 3.63) is 65.7 Å². The van der Waals surface area contributed by atoms with Gasteiger partial charge >= 0.3 is 0 Å². The lowest BCUT2D eigenvalue weighted by atomic mass is 10.2. The standard InChI is InChI=1S/C17H20O4S/c1-15-7-9-17(10-8-15)22(18,19)21-14-13-20-12-11-16-5-3-2-4-6-16/h2-10H,11-14H2,1H3. The third-order valence-electron chi connectivity index (χ3n) is 3.15. The summed E-state index contributed by atoms with van der Waals surface area (Å²) in [7, 11) is -3.70. The van der Waals surface area contributed by atoms with Crippen LogP contribution in [0.25, 0.3) is 0 Å². The Balaban J connectivity index is 1.68. The summed E-state index contributed by atoms with van der Waals surface area (Å²) in [4.78, 5) is 0.169. The maximum absolute atomic E-state index is 11.9. The molecule has 0 aromatic heterocycles. The summed E-state index contributed by atoms with van der Waals surface area (Å²) in [5.41, 5.74) is 2.19. The first-order chi connectivity index (χ1) is 10.6. The van der Waals surface area contributed by atoms with Crippen LogP contribution in [-0.2, 0) is 25.5 Å². The average molecular weight is 320 g/mol. The zero-order valence-corrected chi connectivity index (χ0v) is 13.4. The third kappa shape index (κ3) is 5.26. The van der Waals surface area contributed by atoms with Gasteiger partial charge in [0, 0.05) is 0 Å². The quantitative estimate of drug-likeness (QED) is 0.554. The molecule has 4 nitrogen and oxygen atoms in total. The van der Waals surface area contributed by atoms with E-state index in [1.165, 1.54) is 5.56 Å². The molecule has 0 unspecified atom stereocenters. The first-order valence-corrected chi connectivity index (χ1v) is 8.56. The first kappa shape index (κ1) is 16.7. The summed E-state index contributed by atoms with van der Waals surface area (Å²) in [6, 6.07) is 16.6. The Hall–Kier alpha value is -1.69. The van der Waals surface area contributed by atoms with E-state index < -0.39 is 10.1 Å². The van der Waals surface area contributed by atoms with Crippen molar-refractivity contribution in [1.82, 2.24) is 0 Å². The number of ether oxygens (including phenoxy) is 1. The summed E-state index contributed by atoms with van der Waals surface area (Å²) in [6.45, 7) is 2.71. The molecule has 0 bridgehead atoms. The zero-order chi connectivity index (χ0) is 15.8. The van der Waals surface area contributed by atoms with Gasteiger partial charge in [-0.1, -0.05) is 48.0 Å². The Bertz CT molecular complexity index is 664. The van der Waals surface area contributed by atoms with Crippen molar-refractivity contribution in [2.75, 3.05) is 19.8 Å².